The van der Waals surface area contributed by atoms with Gasteiger partial charge in [0, 0.05) is 26.2 Å². The van der Waals surface area contributed by atoms with Crippen molar-refractivity contribution in [2.24, 2.45) is 7.05 Å². The molecular weight excluding hydrogens is 348 g/mol. The minimum atomic E-state index is -3.65. The van der Waals surface area contributed by atoms with Gasteiger partial charge in [-0.3, -0.25) is 4.90 Å². The minimum Gasteiger partial charge on any atom is -0.290 e. The van der Waals surface area contributed by atoms with Gasteiger partial charge >= 0.3 is 0 Å². The van der Waals surface area contributed by atoms with Crippen LogP contribution in [-0.2, 0) is 17.1 Å². The number of nitrogens with zero attached hydrogens (tertiary/aromatic N) is 5. The first-order valence-corrected chi connectivity index (χ1v) is 8.38. The van der Waals surface area contributed by atoms with Gasteiger partial charge in [-0.25, -0.2) is 17.8 Å². The summed E-state index contributed by atoms with van der Waals surface area (Å²) in [7, 11) is -2.12. The maximum atomic E-state index is 12.3. The van der Waals surface area contributed by atoms with Gasteiger partial charge in [0.25, 0.3) is 10.0 Å². The van der Waals surface area contributed by atoms with Gasteiger partial charge in [0.15, 0.2) is 4.60 Å². The van der Waals surface area contributed by atoms with Crippen molar-refractivity contribution in [1.82, 2.24) is 24.6 Å². The zero-order valence-corrected chi connectivity index (χ0v) is 13.4. The van der Waals surface area contributed by atoms with Gasteiger partial charge in [-0.05, 0) is 28.8 Å². The van der Waals surface area contributed by atoms with Gasteiger partial charge in [0.2, 0.25) is 5.03 Å². The van der Waals surface area contributed by atoms with E-state index in [-0.39, 0.29) is 15.7 Å². The van der Waals surface area contributed by atoms with Gasteiger partial charge in [-0.1, -0.05) is 5.21 Å². The Morgan fingerprint density at radius 2 is 2.15 bits per heavy atom. The number of hydrogen-bond donors (Lipinski definition) is 1. The monoisotopic (exact) mass is 362 g/mol. The normalized spacial score (nSPS) is 18.1. The first kappa shape index (κ1) is 15.4. The van der Waals surface area contributed by atoms with Gasteiger partial charge in [0.05, 0.1) is 12.6 Å². The standard InChI is InChI=1S/C10H15BrN6O2S/c1-16-10(9(11)13-15-16)20(18,19)14-8-2-5-17(6-3-8)7-4-12/h8,14H,2-3,5-7H2,1H3. The molecule has 1 aliphatic rings. The third-order valence-corrected chi connectivity index (χ3v) is 5.60. The van der Waals surface area contributed by atoms with E-state index in [9.17, 15) is 8.42 Å². The van der Waals surface area contributed by atoms with Crippen molar-refractivity contribution < 1.29 is 8.42 Å². The third-order valence-electron chi connectivity index (χ3n) is 3.20. The maximum absolute atomic E-state index is 12.3. The average molecular weight is 363 g/mol. The molecule has 0 amide bonds. The molecule has 0 radical (unpaired) electrons. The predicted octanol–water partition coefficient (Wildman–Crippen LogP) is -0.156. The molecular formula is C10H15BrN6O2S. The Kier molecular flexibility index (Phi) is 4.74. The Hall–Kier alpha value is -1.02. The van der Waals surface area contributed by atoms with Gasteiger partial charge in [0.1, 0.15) is 0 Å². The highest BCUT2D eigenvalue weighted by atomic mass is 79.9. The maximum Gasteiger partial charge on any atom is 0.260 e. The first-order valence-electron chi connectivity index (χ1n) is 6.11. The minimum absolute atomic E-state index is 0.0250. The molecule has 2 rings (SSSR count). The molecule has 0 unspecified atom stereocenters. The molecule has 10 heteroatoms. The number of nitrogens with one attached hydrogen (secondary N) is 1. The van der Waals surface area contributed by atoms with Crippen LogP contribution in [0.5, 0.6) is 0 Å². The SMILES string of the molecule is Cn1nnc(Br)c1S(=O)(=O)NC1CCN(CC#N)CC1. The highest BCUT2D eigenvalue weighted by Gasteiger charge is 2.28. The highest BCUT2D eigenvalue weighted by Crippen LogP contribution is 2.19. The van der Waals surface area contributed by atoms with Gasteiger partial charge in [-0.15, -0.1) is 5.10 Å². The Bertz CT molecular complexity index is 595. The Morgan fingerprint density at radius 1 is 1.50 bits per heavy atom. The number of halogens is 1. The molecule has 0 atom stereocenters. The molecule has 0 saturated carbocycles. The fourth-order valence-corrected chi connectivity index (χ4v) is 4.59. The molecule has 1 aliphatic heterocycles. The number of hydrogen-bond acceptors (Lipinski definition) is 6. The molecule has 1 N–H and O–H groups in total. The third kappa shape index (κ3) is 3.35. The molecule has 0 bridgehead atoms. The van der Waals surface area contributed by atoms with Crippen LogP contribution in [0.1, 0.15) is 12.8 Å². The number of nitriles is 1. The Morgan fingerprint density at radius 3 is 2.65 bits per heavy atom. The zero-order chi connectivity index (χ0) is 14.8. The van der Waals surface area contributed by atoms with E-state index in [0.29, 0.717) is 32.5 Å². The van der Waals surface area contributed by atoms with Gasteiger partial charge in [-0.2, -0.15) is 5.26 Å². The molecule has 8 nitrogen and oxygen atoms in total. The number of sulfonamides is 1. The van der Waals surface area contributed by atoms with Crippen molar-refractivity contribution in [3.63, 3.8) is 0 Å². The van der Waals surface area contributed by atoms with E-state index in [1.807, 2.05) is 4.90 Å². The van der Waals surface area contributed by atoms with Crippen molar-refractivity contribution in [3.8, 4) is 6.07 Å². The van der Waals surface area contributed by atoms with Crippen LogP contribution in [0.4, 0.5) is 0 Å². The molecule has 2 heterocycles. The molecule has 1 aromatic rings. The van der Waals surface area contributed by atoms with Crippen LogP contribution < -0.4 is 4.72 Å². The van der Waals surface area contributed by atoms with Crippen LogP contribution in [0.15, 0.2) is 9.63 Å². The van der Waals surface area contributed by atoms with Crippen LogP contribution >= 0.6 is 15.9 Å². The van der Waals surface area contributed by atoms with E-state index in [4.69, 9.17) is 5.26 Å². The van der Waals surface area contributed by atoms with Crippen molar-refractivity contribution in [1.29, 1.82) is 5.26 Å². The Labute approximate surface area is 125 Å². The Balaban J connectivity index is 2.03. The summed E-state index contributed by atoms with van der Waals surface area (Å²) in [6.07, 6.45) is 1.37. The fraction of sp³-hybridized carbons (Fsp3) is 0.700. The van der Waals surface area contributed by atoms with Crippen molar-refractivity contribution >= 4 is 26.0 Å². The summed E-state index contributed by atoms with van der Waals surface area (Å²) >= 11 is 3.09. The van der Waals surface area contributed by atoms with Crippen molar-refractivity contribution in [3.05, 3.63) is 4.60 Å². The number of piperidine rings is 1. The van der Waals surface area contributed by atoms with Crippen molar-refractivity contribution in [2.45, 2.75) is 23.9 Å². The largest absolute Gasteiger partial charge is 0.290 e. The topological polar surface area (TPSA) is 104 Å². The van der Waals surface area contributed by atoms with Crippen LogP contribution in [0.3, 0.4) is 0 Å². The summed E-state index contributed by atoms with van der Waals surface area (Å²) in [6, 6.07) is 1.97. The predicted molar refractivity (Wildman–Crippen MR) is 74.1 cm³/mol. The van der Waals surface area contributed by atoms with E-state index >= 15 is 0 Å². The van der Waals surface area contributed by atoms with E-state index in [1.54, 1.807) is 0 Å². The lowest BCUT2D eigenvalue weighted by Gasteiger charge is -2.30. The summed E-state index contributed by atoms with van der Waals surface area (Å²) in [5.74, 6) is 0. The highest BCUT2D eigenvalue weighted by molar-refractivity contribution is 9.10. The van der Waals surface area contributed by atoms with Crippen molar-refractivity contribution in [2.75, 3.05) is 19.6 Å². The molecule has 0 spiro atoms. The van der Waals surface area contributed by atoms with Crippen LogP contribution in [-0.4, -0.2) is 54.0 Å². The summed E-state index contributed by atoms with van der Waals surface area (Å²) in [4.78, 5) is 2.01. The summed E-state index contributed by atoms with van der Waals surface area (Å²) in [5.41, 5.74) is 0. The second-order valence-electron chi connectivity index (χ2n) is 4.64. The van der Waals surface area contributed by atoms with Crippen LogP contribution in [0.2, 0.25) is 0 Å². The number of likely N-dealkylation sites (tertiary alicyclic amines) is 1. The number of aromatic nitrogens is 3. The quantitative estimate of drug-likeness (QED) is 0.746. The zero-order valence-electron chi connectivity index (χ0n) is 11.0. The molecule has 1 aromatic heterocycles. The molecule has 1 fully saturated rings. The summed E-state index contributed by atoms with van der Waals surface area (Å²) in [5, 5.41) is 16.0. The van der Waals surface area contributed by atoms with E-state index in [0.717, 1.165) is 0 Å². The summed E-state index contributed by atoms with van der Waals surface area (Å²) < 4.78 is 28.7. The lowest BCUT2D eigenvalue weighted by Crippen LogP contribution is -2.45. The lowest BCUT2D eigenvalue weighted by molar-refractivity contribution is 0.228. The molecule has 110 valence electrons. The smallest absolute Gasteiger partial charge is 0.260 e. The molecule has 0 aromatic carbocycles. The molecule has 1 saturated heterocycles. The number of rotatable bonds is 4. The second kappa shape index (κ2) is 6.17. The molecule has 0 aliphatic carbocycles. The van der Waals surface area contributed by atoms with Crippen LogP contribution in [0, 0.1) is 11.3 Å². The van der Waals surface area contributed by atoms with E-state index < -0.39 is 10.0 Å². The first-order chi connectivity index (χ1) is 9.44. The van der Waals surface area contributed by atoms with E-state index in [1.165, 1.54) is 11.7 Å². The molecule has 20 heavy (non-hydrogen) atoms. The second-order valence-corrected chi connectivity index (χ2v) is 7.02. The van der Waals surface area contributed by atoms with Crippen LogP contribution in [0.25, 0.3) is 0 Å². The average Bonchev–Trinajstić information content (AvgIpc) is 2.72. The lowest BCUT2D eigenvalue weighted by atomic mass is 10.1. The summed E-state index contributed by atoms with van der Waals surface area (Å²) in [6.45, 7) is 1.81. The van der Waals surface area contributed by atoms with E-state index in [2.05, 4.69) is 37.0 Å². The number of aryl methyl sites for hydroxylation is 1. The fourth-order valence-electron chi connectivity index (χ4n) is 2.19. The van der Waals surface area contributed by atoms with Gasteiger partial charge < -0.3 is 0 Å².